The average molecular weight is 220 g/mol. The highest BCUT2D eigenvalue weighted by molar-refractivity contribution is 5.93. The number of amides is 1. The Morgan fingerprint density at radius 3 is 3.12 bits per heavy atom. The lowest BCUT2D eigenvalue weighted by Gasteiger charge is -2.02. The van der Waals surface area contributed by atoms with Crippen LogP contribution in [0.5, 0.6) is 0 Å². The summed E-state index contributed by atoms with van der Waals surface area (Å²) < 4.78 is 12.7. The Morgan fingerprint density at radius 1 is 1.56 bits per heavy atom. The van der Waals surface area contributed by atoms with Crippen LogP contribution in [0.3, 0.4) is 0 Å². The van der Waals surface area contributed by atoms with Crippen LogP contribution >= 0.6 is 0 Å². The molecule has 2 aromatic rings. The lowest BCUT2D eigenvalue weighted by Crippen LogP contribution is -2.22. The molecule has 0 bridgehead atoms. The second-order valence-corrected chi connectivity index (χ2v) is 3.16. The van der Waals surface area contributed by atoms with Crippen molar-refractivity contribution in [3.63, 3.8) is 0 Å². The molecule has 82 valence electrons. The first-order chi connectivity index (χ1) is 7.75. The van der Waals surface area contributed by atoms with Gasteiger partial charge in [0.15, 0.2) is 0 Å². The maximum atomic E-state index is 12.7. The first kappa shape index (κ1) is 10.3. The maximum absolute atomic E-state index is 12.7. The van der Waals surface area contributed by atoms with Gasteiger partial charge in [0.2, 0.25) is 5.95 Å². The Hall–Kier alpha value is -2.24. The number of rotatable bonds is 3. The first-order valence-corrected chi connectivity index (χ1v) is 4.63. The molecule has 0 saturated heterocycles. The van der Waals surface area contributed by atoms with Gasteiger partial charge in [0, 0.05) is 36.1 Å². The van der Waals surface area contributed by atoms with Crippen molar-refractivity contribution in [1.29, 1.82) is 0 Å². The number of halogens is 1. The van der Waals surface area contributed by atoms with Gasteiger partial charge in [0.1, 0.15) is 0 Å². The molecule has 0 aliphatic rings. The fourth-order valence-electron chi connectivity index (χ4n) is 1.20. The van der Waals surface area contributed by atoms with Gasteiger partial charge in [-0.15, -0.1) is 0 Å². The minimum Gasteiger partial charge on any atom is -0.348 e. The van der Waals surface area contributed by atoms with E-state index in [9.17, 15) is 9.18 Å². The molecule has 2 N–H and O–H groups in total. The Bertz CT molecular complexity index is 483. The number of aromatic nitrogens is 3. The molecule has 0 aliphatic heterocycles. The van der Waals surface area contributed by atoms with Gasteiger partial charge in [-0.3, -0.25) is 9.89 Å². The summed E-state index contributed by atoms with van der Waals surface area (Å²) in [6.07, 6.45) is 4.53. The van der Waals surface area contributed by atoms with Gasteiger partial charge in [0.05, 0.1) is 6.20 Å². The Balaban J connectivity index is 1.98. The van der Waals surface area contributed by atoms with Crippen molar-refractivity contribution >= 4 is 5.91 Å². The number of carbonyl (C=O) groups excluding carboxylic acids is 1. The van der Waals surface area contributed by atoms with Crippen LogP contribution in [0.4, 0.5) is 4.39 Å². The number of hydrogen-bond acceptors (Lipinski definition) is 3. The summed E-state index contributed by atoms with van der Waals surface area (Å²) in [6.45, 7) is 0.347. The zero-order chi connectivity index (χ0) is 11.4. The van der Waals surface area contributed by atoms with E-state index in [4.69, 9.17) is 0 Å². The molecule has 0 radical (unpaired) electrons. The number of hydrogen-bond donors (Lipinski definition) is 2. The van der Waals surface area contributed by atoms with Crippen molar-refractivity contribution < 1.29 is 9.18 Å². The standard InChI is InChI=1S/C10H9FN4O/c11-9-3-8(1-2-12-9)10(16)13-4-7-5-14-15-6-7/h1-3,5-6H,4H2,(H,13,16)(H,14,15). The predicted octanol–water partition coefficient (Wildman–Crippen LogP) is 0.874. The Labute approximate surface area is 90.7 Å². The van der Waals surface area contributed by atoms with Gasteiger partial charge in [-0.2, -0.15) is 9.49 Å². The van der Waals surface area contributed by atoms with E-state index in [2.05, 4.69) is 20.5 Å². The number of pyridine rings is 1. The zero-order valence-corrected chi connectivity index (χ0v) is 8.27. The van der Waals surface area contributed by atoms with E-state index in [0.717, 1.165) is 11.6 Å². The van der Waals surface area contributed by atoms with Crippen molar-refractivity contribution in [3.8, 4) is 0 Å². The van der Waals surface area contributed by atoms with E-state index in [1.54, 1.807) is 12.4 Å². The van der Waals surface area contributed by atoms with Gasteiger partial charge < -0.3 is 5.32 Å². The molecular weight excluding hydrogens is 211 g/mol. The minimum absolute atomic E-state index is 0.246. The molecule has 1 amide bonds. The monoisotopic (exact) mass is 220 g/mol. The predicted molar refractivity (Wildman–Crippen MR) is 54.0 cm³/mol. The number of nitrogens with zero attached hydrogens (tertiary/aromatic N) is 2. The fourth-order valence-corrected chi connectivity index (χ4v) is 1.20. The van der Waals surface area contributed by atoms with Gasteiger partial charge in [-0.05, 0) is 6.07 Å². The Morgan fingerprint density at radius 2 is 2.44 bits per heavy atom. The molecule has 0 atom stereocenters. The van der Waals surface area contributed by atoms with E-state index in [1.807, 2.05) is 0 Å². The van der Waals surface area contributed by atoms with Gasteiger partial charge in [0.25, 0.3) is 5.91 Å². The molecular formula is C10H9FN4O. The normalized spacial score (nSPS) is 10.1. The SMILES string of the molecule is O=C(NCc1cn[nH]c1)c1ccnc(F)c1. The van der Waals surface area contributed by atoms with E-state index in [0.29, 0.717) is 6.54 Å². The van der Waals surface area contributed by atoms with Gasteiger partial charge in [-0.1, -0.05) is 0 Å². The molecule has 2 aromatic heterocycles. The molecule has 0 aliphatic carbocycles. The van der Waals surface area contributed by atoms with Crippen molar-refractivity contribution in [2.24, 2.45) is 0 Å². The third-order valence-electron chi connectivity index (χ3n) is 2.00. The van der Waals surface area contributed by atoms with Crippen LogP contribution < -0.4 is 5.32 Å². The molecule has 2 rings (SSSR count). The van der Waals surface area contributed by atoms with E-state index in [-0.39, 0.29) is 11.5 Å². The largest absolute Gasteiger partial charge is 0.348 e. The average Bonchev–Trinajstić information content (AvgIpc) is 2.78. The molecule has 0 aromatic carbocycles. The maximum Gasteiger partial charge on any atom is 0.251 e. The van der Waals surface area contributed by atoms with Crippen molar-refractivity contribution in [2.45, 2.75) is 6.54 Å². The zero-order valence-electron chi connectivity index (χ0n) is 8.27. The van der Waals surface area contributed by atoms with Crippen molar-refractivity contribution in [1.82, 2.24) is 20.5 Å². The second kappa shape index (κ2) is 4.52. The molecule has 0 spiro atoms. The van der Waals surface area contributed by atoms with Crippen LogP contribution in [0.1, 0.15) is 15.9 Å². The van der Waals surface area contributed by atoms with Gasteiger partial charge >= 0.3 is 0 Å². The minimum atomic E-state index is -0.670. The second-order valence-electron chi connectivity index (χ2n) is 3.16. The molecule has 16 heavy (non-hydrogen) atoms. The lowest BCUT2D eigenvalue weighted by atomic mass is 10.2. The molecule has 0 unspecified atom stereocenters. The summed E-state index contributed by atoms with van der Waals surface area (Å²) in [4.78, 5) is 14.9. The van der Waals surface area contributed by atoms with E-state index < -0.39 is 5.95 Å². The number of carbonyl (C=O) groups is 1. The topological polar surface area (TPSA) is 70.7 Å². The lowest BCUT2D eigenvalue weighted by molar-refractivity contribution is 0.0950. The van der Waals surface area contributed by atoms with E-state index >= 15 is 0 Å². The van der Waals surface area contributed by atoms with Crippen LogP contribution in [0.25, 0.3) is 0 Å². The summed E-state index contributed by atoms with van der Waals surface area (Å²) in [7, 11) is 0. The smallest absolute Gasteiger partial charge is 0.251 e. The highest BCUT2D eigenvalue weighted by Crippen LogP contribution is 2.01. The molecule has 2 heterocycles. The molecule has 0 fully saturated rings. The number of aromatic amines is 1. The highest BCUT2D eigenvalue weighted by atomic mass is 19.1. The van der Waals surface area contributed by atoms with Crippen LogP contribution in [0.15, 0.2) is 30.7 Å². The third kappa shape index (κ3) is 2.41. The number of H-pyrrole nitrogens is 1. The summed E-state index contributed by atoms with van der Waals surface area (Å²) in [5, 5.41) is 9.01. The summed E-state index contributed by atoms with van der Waals surface area (Å²) >= 11 is 0. The quantitative estimate of drug-likeness (QED) is 0.754. The molecule has 0 saturated carbocycles. The highest BCUT2D eigenvalue weighted by Gasteiger charge is 2.06. The van der Waals surface area contributed by atoms with Crippen molar-refractivity contribution in [3.05, 3.63) is 47.8 Å². The van der Waals surface area contributed by atoms with E-state index in [1.165, 1.54) is 12.3 Å². The summed E-state index contributed by atoms with van der Waals surface area (Å²) in [5.74, 6) is -1.02. The first-order valence-electron chi connectivity index (χ1n) is 4.63. The molecule has 5 nitrogen and oxygen atoms in total. The van der Waals surface area contributed by atoms with Crippen LogP contribution in [-0.2, 0) is 6.54 Å². The Kier molecular flexibility index (Phi) is 2.90. The van der Waals surface area contributed by atoms with Crippen molar-refractivity contribution in [2.75, 3.05) is 0 Å². The van der Waals surface area contributed by atoms with Gasteiger partial charge in [-0.25, -0.2) is 4.98 Å². The molecule has 6 heteroatoms. The summed E-state index contributed by atoms with van der Waals surface area (Å²) in [6, 6.07) is 2.54. The summed E-state index contributed by atoms with van der Waals surface area (Å²) in [5.41, 5.74) is 1.10. The van der Waals surface area contributed by atoms with Crippen LogP contribution in [-0.4, -0.2) is 21.1 Å². The number of nitrogens with one attached hydrogen (secondary N) is 2. The third-order valence-corrected chi connectivity index (χ3v) is 2.00. The fraction of sp³-hybridized carbons (Fsp3) is 0.100. The van der Waals surface area contributed by atoms with Crippen LogP contribution in [0.2, 0.25) is 0 Å². The van der Waals surface area contributed by atoms with Crippen LogP contribution in [0, 0.1) is 5.95 Å².